The molecule has 0 spiro atoms. The number of rotatable bonds is 4. The molecule has 3 heteroatoms. The highest BCUT2D eigenvalue weighted by Gasteiger charge is 2.15. The van der Waals surface area contributed by atoms with Crippen molar-refractivity contribution in [3.05, 3.63) is 28.8 Å². The fourth-order valence-electron chi connectivity index (χ4n) is 1.31. The van der Waals surface area contributed by atoms with Crippen molar-refractivity contribution in [3.63, 3.8) is 0 Å². The van der Waals surface area contributed by atoms with E-state index in [1.165, 1.54) is 0 Å². The van der Waals surface area contributed by atoms with Crippen LogP contribution in [0.15, 0.2) is 18.2 Å². The van der Waals surface area contributed by atoms with Crippen LogP contribution in [0.25, 0.3) is 0 Å². The van der Waals surface area contributed by atoms with Crippen molar-refractivity contribution >= 4 is 17.4 Å². The quantitative estimate of drug-likeness (QED) is 0.796. The Morgan fingerprint density at radius 2 is 2.20 bits per heavy atom. The van der Waals surface area contributed by atoms with Gasteiger partial charge in [-0.2, -0.15) is 0 Å². The van der Waals surface area contributed by atoms with Gasteiger partial charge in [0.05, 0.1) is 10.6 Å². The largest absolute Gasteiger partial charge is 0.506 e. The van der Waals surface area contributed by atoms with E-state index in [0.29, 0.717) is 17.9 Å². The maximum atomic E-state index is 11.8. The van der Waals surface area contributed by atoms with Crippen LogP contribution in [0.5, 0.6) is 5.75 Å². The molecule has 1 atom stereocenters. The Labute approximate surface area is 94.9 Å². The van der Waals surface area contributed by atoms with E-state index in [9.17, 15) is 9.90 Å². The van der Waals surface area contributed by atoms with E-state index in [4.69, 9.17) is 11.6 Å². The summed E-state index contributed by atoms with van der Waals surface area (Å²) in [5, 5.41) is 9.83. The Morgan fingerprint density at radius 3 is 2.80 bits per heavy atom. The number of aromatic hydroxyl groups is 1. The molecular formula is C12H15ClO2. The first kappa shape index (κ1) is 12.1. The lowest BCUT2D eigenvalue weighted by molar-refractivity contribution is 0.0961. The molecule has 1 rings (SSSR count). The van der Waals surface area contributed by atoms with E-state index >= 15 is 0 Å². The molecule has 0 fully saturated rings. The highest BCUT2D eigenvalue weighted by atomic mass is 35.5. The van der Waals surface area contributed by atoms with Crippen LogP contribution in [0, 0.1) is 5.92 Å². The van der Waals surface area contributed by atoms with Crippen molar-refractivity contribution < 1.29 is 9.90 Å². The van der Waals surface area contributed by atoms with Crippen LogP contribution < -0.4 is 0 Å². The second kappa shape index (κ2) is 5.17. The number of hydrogen-bond donors (Lipinski definition) is 1. The molecule has 0 amide bonds. The molecule has 0 heterocycles. The minimum atomic E-state index is -0.104. The van der Waals surface area contributed by atoms with Crippen LogP contribution in [0.1, 0.15) is 37.0 Å². The molecule has 0 saturated carbocycles. The summed E-state index contributed by atoms with van der Waals surface area (Å²) in [6.07, 6.45) is 1.40. The van der Waals surface area contributed by atoms with Gasteiger partial charge >= 0.3 is 0 Å². The third-order valence-electron chi connectivity index (χ3n) is 2.52. The van der Waals surface area contributed by atoms with Crippen molar-refractivity contribution in [1.82, 2.24) is 0 Å². The fourth-order valence-corrected chi connectivity index (χ4v) is 1.49. The lowest BCUT2D eigenvalue weighted by atomic mass is 9.97. The Kier molecular flexibility index (Phi) is 4.15. The number of phenolic OH excluding ortho intramolecular Hbond substituents is 1. The Hall–Kier alpha value is -1.02. The predicted octanol–water partition coefficient (Wildman–Crippen LogP) is 3.66. The van der Waals surface area contributed by atoms with Crippen LogP contribution in [-0.4, -0.2) is 10.9 Å². The number of phenols is 1. The number of carbonyl (C=O) groups excluding carboxylic acids is 1. The molecule has 0 radical (unpaired) electrons. The van der Waals surface area contributed by atoms with Gasteiger partial charge in [0.15, 0.2) is 5.78 Å². The number of carbonyl (C=O) groups is 1. The number of para-hydroxylation sites is 1. The lowest BCUT2D eigenvalue weighted by Crippen LogP contribution is -2.05. The van der Waals surface area contributed by atoms with E-state index in [-0.39, 0.29) is 16.6 Å². The number of benzene rings is 1. The summed E-state index contributed by atoms with van der Waals surface area (Å²) in [7, 11) is 0. The summed E-state index contributed by atoms with van der Waals surface area (Å²) in [5.41, 5.74) is 0.322. The third-order valence-corrected chi connectivity index (χ3v) is 2.82. The highest BCUT2D eigenvalue weighted by Crippen LogP contribution is 2.28. The number of halogens is 1. The van der Waals surface area contributed by atoms with Gasteiger partial charge in [0.25, 0.3) is 0 Å². The normalized spacial score (nSPS) is 12.5. The topological polar surface area (TPSA) is 37.3 Å². The molecule has 0 aliphatic carbocycles. The van der Waals surface area contributed by atoms with Crippen molar-refractivity contribution in [3.8, 4) is 5.75 Å². The summed E-state index contributed by atoms with van der Waals surface area (Å²) < 4.78 is 0. The minimum Gasteiger partial charge on any atom is -0.506 e. The first-order chi connectivity index (χ1) is 7.06. The van der Waals surface area contributed by atoms with E-state index < -0.39 is 0 Å². The third kappa shape index (κ3) is 2.96. The van der Waals surface area contributed by atoms with Gasteiger partial charge in [-0.1, -0.05) is 37.9 Å². The molecule has 0 saturated heterocycles. The highest BCUT2D eigenvalue weighted by molar-refractivity contribution is 6.32. The number of hydrogen-bond acceptors (Lipinski definition) is 2. The summed E-state index contributed by atoms with van der Waals surface area (Å²) in [5.74, 6) is 0.174. The fraction of sp³-hybridized carbons (Fsp3) is 0.417. The Balaban J connectivity index is 2.87. The average molecular weight is 227 g/mol. The van der Waals surface area contributed by atoms with E-state index in [1.807, 2.05) is 13.8 Å². The molecule has 82 valence electrons. The zero-order chi connectivity index (χ0) is 11.4. The zero-order valence-corrected chi connectivity index (χ0v) is 9.71. The predicted molar refractivity (Wildman–Crippen MR) is 61.5 cm³/mol. The molecule has 1 unspecified atom stereocenters. The maximum Gasteiger partial charge on any atom is 0.166 e. The molecule has 1 aromatic rings. The smallest absolute Gasteiger partial charge is 0.166 e. The Bertz CT molecular complexity index is 361. The lowest BCUT2D eigenvalue weighted by Gasteiger charge is -2.08. The second-order valence-electron chi connectivity index (χ2n) is 3.78. The minimum absolute atomic E-state index is 0.0515. The van der Waals surface area contributed by atoms with Gasteiger partial charge in [-0.05, 0) is 18.1 Å². The average Bonchev–Trinajstić information content (AvgIpc) is 2.21. The van der Waals surface area contributed by atoms with Gasteiger partial charge in [-0.3, -0.25) is 4.79 Å². The van der Waals surface area contributed by atoms with Gasteiger partial charge in [0, 0.05) is 6.42 Å². The van der Waals surface area contributed by atoms with Crippen molar-refractivity contribution in [1.29, 1.82) is 0 Å². The molecule has 15 heavy (non-hydrogen) atoms. The second-order valence-corrected chi connectivity index (χ2v) is 4.18. The summed E-state index contributed by atoms with van der Waals surface area (Å²) in [6.45, 7) is 4.05. The van der Waals surface area contributed by atoms with Gasteiger partial charge in [0.2, 0.25) is 0 Å². The van der Waals surface area contributed by atoms with Gasteiger partial charge < -0.3 is 5.11 Å². The van der Waals surface area contributed by atoms with Crippen LogP contribution in [0.4, 0.5) is 0 Å². The number of Topliss-reactive ketones (excluding diaryl/α,β-unsaturated/α-hetero) is 1. The zero-order valence-electron chi connectivity index (χ0n) is 8.96. The molecule has 0 bridgehead atoms. The summed E-state index contributed by atoms with van der Waals surface area (Å²) in [4.78, 5) is 11.8. The van der Waals surface area contributed by atoms with Crippen LogP contribution in [-0.2, 0) is 0 Å². The monoisotopic (exact) mass is 226 g/mol. The molecule has 0 aromatic heterocycles. The molecule has 0 aliphatic rings. The van der Waals surface area contributed by atoms with Crippen molar-refractivity contribution in [2.75, 3.05) is 0 Å². The molecular weight excluding hydrogens is 212 g/mol. The molecule has 1 aromatic carbocycles. The molecule has 1 N–H and O–H groups in total. The standard InChI is InChI=1S/C12H15ClO2/c1-3-8(2)7-11(14)9-5-4-6-10(13)12(9)15/h4-6,8,15H,3,7H2,1-2H3. The molecule has 0 aliphatic heterocycles. The van der Waals surface area contributed by atoms with Gasteiger partial charge in [-0.25, -0.2) is 0 Å². The Morgan fingerprint density at radius 1 is 1.53 bits per heavy atom. The van der Waals surface area contributed by atoms with Crippen LogP contribution >= 0.6 is 11.6 Å². The van der Waals surface area contributed by atoms with Crippen LogP contribution in [0.3, 0.4) is 0 Å². The maximum absolute atomic E-state index is 11.8. The van der Waals surface area contributed by atoms with Crippen molar-refractivity contribution in [2.24, 2.45) is 5.92 Å². The van der Waals surface area contributed by atoms with E-state index in [2.05, 4.69) is 0 Å². The van der Waals surface area contributed by atoms with Gasteiger partial charge in [0.1, 0.15) is 5.75 Å². The molecule has 2 nitrogen and oxygen atoms in total. The SMILES string of the molecule is CCC(C)CC(=O)c1cccc(Cl)c1O. The van der Waals surface area contributed by atoms with Crippen LogP contribution in [0.2, 0.25) is 5.02 Å². The summed E-state index contributed by atoms with van der Waals surface area (Å²) >= 11 is 5.73. The van der Waals surface area contributed by atoms with E-state index in [1.54, 1.807) is 18.2 Å². The van der Waals surface area contributed by atoms with Gasteiger partial charge in [-0.15, -0.1) is 0 Å². The van der Waals surface area contributed by atoms with Crippen molar-refractivity contribution in [2.45, 2.75) is 26.7 Å². The summed E-state index contributed by atoms with van der Waals surface area (Å²) in [6, 6.07) is 4.84. The number of ketones is 1. The van der Waals surface area contributed by atoms with E-state index in [0.717, 1.165) is 6.42 Å². The first-order valence-electron chi connectivity index (χ1n) is 5.07. The first-order valence-corrected chi connectivity index (χ1v) is 5.44.